The molecule has 2 unspecified atom stereocenters. The largest absolute Gasteiger partial charge is 0.441 e. The van der Waals surface area contributed by atoms with Gasteiger partial charge in [0.25, 0.3) is 0 Å². The first-order valence-electron chi connectivity index (χ1n) is 9.81. The minimum Gasteiger partial charge on any atom is -0.441 e. The average Bonchev–Trinajstić information content (AvgIpc) is 3.07. The highest BCUT2D eigenvalue weighted by molar-refractivity contribution is 7.98. The Balaban J connectivity index is 1.45. The Labute approximate surface area is 170 Å². The van der Waals surface area contributed by atoms with Crippen molar-refractivity contribution in [2.75, 3.05) is 18.0 Å². The summed E-state index contributed by atoms with van der Waals surface area (Å²) >= 11 is 1.60. The molecule has 5 nitrogen and oxygen atoms in total. The molecule has 1 aromatic carbocycles. The van der Waals surface area contributed by atoms with Gasteiger partial charge in [0.05, 0.1) is 5.69 Å². The van der Waals surface area contributed by atoms with E-state index in [1.54, 1.807) is 11.8 Å². The number of rotatable bonds is 5. The molecule has 2 aromatic heterocycles. The van der Waals surface area contributed by atoms with Crippen LogP contribution in [-0.2, 0) is 5.75 Å². The lowest BCUT2D eigenvalue weighted by atomic mass is 9.92. The maximum Gasteiger partial charge on any atom is 0.226 e. The van der Waals surface area contributed by atoms with E-state index < -0.39 is 0 Å². The summed E-state index contributed by atoms with van der Waals surface area (Å²) in [4.78, 5) is 16.3. The highest BCUT2D eigenvalue weighted by atomic mass is 32.2. The smallest absolute Gasteiger partial charge is 0.226 e. The number of aryl methyl sites for hydroxylation is 1. The Hall–Kier alpha value is -2.34. The fraction of sp³-hybridized carbons (Fsp3) is 0.409. The van der Waals surface area contributed by atoms with Gasteiger partial charge in [0.2, 0.25) is 5.89 Å². The van der Waals surface area contributed by atoms with Crippen LogP contribution in [0.2, 0.25) is 0 Å². The van der Waals surface area contributed by atoms with Gasteiger partial charge in [0, 0.05) is 30.6 Å². The SMILES string of the molecule is Cc1oc(-c2ccccc2)nc1CSc1nccc(N2CC(C)CC(C)C2)n1. The molecule has 28 heavy (non-hydrogen) atoms. The van der Waals surface area contributed by atoms with Crippen molar-refractivity contribution < 1.29 is 4.42 Å². The van der Waals surface area contributed by atoms with Crippen LogP contribution >= 0.6 is 11.8 Å². The molecule has 2 atom stereocenters. The second-order valence-electron chi connectivity index (χ2n) is 7.73. The molecule has 3 aromatic rings. The Bertz CT molecular complexity index is 917. The highest BCUT2D eigenvalue weighted by Crippen LogP contribution is 2.28. The maximum absolute atomic E-state index is 5.86. The van der Waals surface area contributed by atoms with E-state index >= 15 is 0 Å². The molecule has 6 heteroatoms. The average molecular weight is 395 g/mol. The number of benzene rings is 1. The van der Waals surface area contributed by atoms with Gasteiger partial charge in [-0.05, 0) is 43.4 Å². The molecule has 4 rings (SSSR count). The monoisotopic (exact) mass is 394 g/mol. The standard InChI is InChI=1S/C22H26N4OS/c1-15-11-16(2)13-26(12-15)20-9-10-23-22(25-20)28-14-19-17(3)27-21(24-19)18-7-5-4-6-8-18/h4-10,15-16H,11-14H2,1-3H3. The summed E-state index contributed by atoms with van der Waals surface area (Å²) in [5.74, 6) is 4.63. The molecule has 146 valence electrons. The molecule has 3 heterocycles. The molecule has 1 aliphatic rings. The lowest BCUT2D eigenvalue weighted by Crippen LogP contribution is -2.39. The van der Waals surface area contributed by atoms with Crippen molar-refractivity contribution in [3.63, 3.8) is 0 Å². The normalized spacial score (nSPS) is 19.8. The maximum atomic E-state index is 5.86. The quantitative estimate of drug-likeness (QED) is 0.437. The zero-order valence-electron chi connectivity index (χ0n) is 16.6. The first kappa shape index (κ1) is 19.0. The number of aromatic nitrogens is 3. The van der Waals surface area contributed by atoms with Crippen molar-refractivity contribution in [3.8, 4) is 11.5 Å². The Morgan fingerprint density at radius 3 is 2.57 bits per heavy atom. The van der Waals surface area contributed by atoms with E-state index in [1.165, 1.54) is 6.42 Å². The van der Waals surface area contributed by atoms with Crippen LogP contribution in [0.15, 0.2) is 52.2 Å². The number of anilines is 1. The second kappa shape index (κ2) is 8.35. The van der Waals surface area contributed by atoms with Crippen LogP contribution in [0.1, 0.15) is 31.7 Å². The summed E-state index contributed by atoms with van der Waals surface area (Å²) < 4.78 is 5.86. The lowest BCUT2D eigenvalue weighted by Gasteiger charge is -2.35. The first-order valence-corrected chi connectivity index (χ1v) is 10.8. The van der Waals surface area contributed by atoms with Crippen LogP contribution in [-0.4, -0.2) is 28.0 Å². The summed E-state index contributed by atoms with van der Waals surface area (Å²) in [7, 11) is 0. The van der Waals surface area contributed by atoms with Crippen LogP contribution < -0.4 is 4.90 Å². The molecule has 0 radical (unpaired) electrons. The van der Waals surface area contributed by atoms with E-state index in [9.17, 15) is 0 Å². The number of thioether (sulfide) groups is 1. The Kier molecular flexibility index (Phi) is 5.67. The van der Waals surface area contributed by atoms with Gasteiger partial charge in [0.15, 0.2) is 5.16 Å². The van der Waals surface area contributed by atoms with E-state index in [2.05, 4.69) is 28.7 Å². The van der Waals surface area contributed by atoms with Crippen LogP contribution in [0.3, 0.4) is 0 Å². The zero-order chi connectivity index (χ0) is 19.5. The third kappa shape index (κ3) is 4.38. The molecule has 0 bridgehead atoms. The summed E-state index contributed by atoms with van der Waals surface area (Å²) in [6.45, 7) is 8.72. The fourth-order valence-electron chi connectivity index (χ4n) is 3.83. The van der Waals surface area contributed by atoms with E-state index in [0.29, 0.717) is 23.5 Å². The van der Waals surface area contributed by atoms with Crippen molar-refractivity contribution in [1.82, 2.24) is 15.0 Å². The number of hydrogen-bond acceptors (Lipinski definition) is 6. The molecule has 0 saturated carbocycles. The van der Waals surface area contributed by atoms with Gasteiger partial charge in [-0.3, -0.25) is 0 Å². The first-order chi connectivity index (χ1) is 13.6. The van der Waals surface area contributed by atoms with E-state index in [4.69, 9.17) is 9.40 Å². The topological polar surface area (TPSA) is 55.1 Å². The summed E-state index contributed by atoms with van der Waals surface area (Å²) in [6, 6.07) is 12.0. The summed E-state index contributed by atoms with van der Waals surface area (Å²) in [5.41, 5.74) is 1.94. The van der Waals surface area contributed by atoms with Crippen molar-refractivity contribution >= 4 is 17.6 Å². The van der Waals surface area contributed by atoms with Crippen LogP contribution in [0.4, 0.5) is 5.82 Å². The molecular formula is C22H26N4OS. The molecule has 0 aliphatic carbocycles. The molecule has 0 amide bonds. The number of hydrogen-bond donors (Lipinski definition) is 0. The highest BCUT2D eigenvalue weighted by Gasteiger charge is 2.23. The van der Waals surface area contributed by atoms with Gasteiger partial charge in [-0.25, -0.2) is 15.0 Å². The minimum absolute atomic E-state index is 0.666. The predicted molar refractivity (Wildman–Crippen MR) is 113 cm³/mol. The van der Waals surface area contributed by atoms with Gasteiger partial charge >= 0.3 is 0 Å². The third-order valence-electron chi connectivity index (χ3n) is 5.06. The zero-order valence-corrected chi connectivity index (χ0v) is 17.4. The van der Waals surface area contributed by atoms with Gasteiger partial charge in [-0.1, -0.05) is 43.8 Å². The lowest BCUT2D eigenvalue weighted by molar-refractivity contribution is 0.355. The van der Waals surface area contributed by atoms with Crippen LogP contribution in [0.25, 0.3) is 11.5 Å². The summed E-state index contributed by atoms with van der Waals surface area (Å²) in [5, 5.41) is 0.784. The fourth-order valence-corrected chi connectivity index (χ4v) is 4.65. The van der Waals surface area contributed by atoms with Crippen LogP contribution in [0.5, 0.6) is 0 Å². The predicted octanol–water partition coefficient (Wildman–Crippen LogP) is 5.21. The Morgan fingerprint density at radius 1 is 1.07 bits per heavy atom. The van der Waals surface area contributed by atoms with E-state index in [1.807, 2.05) is 49.5 Å². The molecule has 1 fully saturated rings. The molecule has 0 N–H and O–H groups in total. The van der Waals surface area contributed by atoms with Crippen LogP contribution in [0, 0.1) is 18.8 Å². The van der Waals surface area contributed by atoms with Crippen molar-refractivity contribution in [2.24, 2.45) is 11.8 Å². The van der Waals surface area contributed by atoms with Crippen molar-refractivity contribution in [1.29, 1.82) is 0 Å². The van der Waals surface area contributed by atoms with E-state index in [-0.39, 0.29) is 0 Å². The molecule has 1 saturated heterocycles. The van der Waals surface area contributed by atoms with E-state index in [0.717, 1.165) is 41.1 Å². The van der Waals surface area contributed by atoms with Crippen molar-refractivity contribution in [3.05, 3.63) is 54.0 Å². The second-order valence-corrected chi connectivity index (χ2v) is 8.67. The Morgan fingerprint density at radius 2 is 1.82 bits per heavy atom. The number of oxazole rings is 1. The number of nitrogens with zero attached hydrogens (tertiary/aromatic N) is 4. The van der Waals surface area contributed by atoms with Crippen molar-refractivity contribution in [2.45, 2.75) is 38.1 Å². The van der Waals surface area contributed by atoms with Gasteiger partial charge in [-0.15, -0.1) is 0 Å². The molecule has 0 spiro atoms. The molecular weight excluding hydrogens is 368 g/mol. The van der Waals surface area contributed by atoms with Gasteiger partial charge in [0.1, 0.15) is 11.6 Å². The minimum atomic E-state index is 0.666. The molecule has 1 aliphatic heterocycles. The third-order valence-corrected chi connectivity index (χ3v) is 5.94. The van der Waals surface area contributed by atoms with Gasteiger partial charge in [-0.2, -0.15) is 0 Å². The number of piperidine rings is 1. The summed E-state index contributed by atoms with van der Waals surface area (Å²) in [6.07, 6.45) is 3.15. The van der Waals surface area contributed by atoms with Gasteiger partial charge < -0.3 is 9.32 Å².